The molecule has 2 aromatic carbocycles. The van der Waals surface area contributed by atoms with E-state index in [9.17, 15) is 16.8 Å². The van der Waals surface area contributed by atoms with Gasteiger partial charge in [0.15, 0.2) is 0 Å². The van der Waals surface area contributed by atoms with E-state index in [1.54, 1.807) is 31.2 Å². The summed E-state index contributed by atoms with van der Waals surface area (Å²) in [6, 6.07) is 12.2. The van der Waals surface area contributed by atoms with Crippen LogP contribution in [0.5, 0.6) is 0 Å². The summed E-state index contributed by atoms with van der Waals surface area (Å²) in [5, 5.41) is 0. The lowest BCUT2D eigenvalue weighted by atomic mass is 10.0. The average Bonchev–Trinajstić information content (AvgIpc) is 2.68. The minimum Gasteiger partial charge on any atom is -0.280 e. The van der Waals surface area contributed by atoms with Crippen LogP contribution >= 0.6 is 0 Å². The van der Waals surface area contributed by atoms with Crippen molar-refractivity contribution in [2.75, 3.05) is 17.0 Å². The van der Waals surface area contributed by atoms with Crippen molar-refractivity contribution >= 4 is 25.7 Å². The maximum atomic E-state index is 12.7. The Morgan fingerprint density at radius 1 is 0.964 bits per heavy atom. The van der Waals surface area contributed by atoms with Crippen LogP contribution in [-0.2, 0) is 39.4 Å². The Bertz CT molecular complexity index is 1050. The van der Waals surface area contributed by atoms with Crippen molar-refractivity contribution in [1.82, 2.24) is 4.31 Å². The number of nitrogens with one attached hydrogen (secondary N) is 1. The van der Waals surface area contributed by atoms with Crippen molar-refractivity contribution in [2.24, 2.45) is 0 Å². The lowest BCUT2D eigenvalue weighted by Crippen LogP contribution is -2.36. The van der Waals surface area contributed by atoms with Gasteiger partial charge in [0, 0.05) is 18.8 Å². The highest BCUT2D eigenvalue weighted by Crippen LogP contribution is 2.26. The van der Waals surface area contributed by atoms with Crippen LogP contribution in [0.4, 0.5) is 5.69 Å². The van der Waals surface area contributed by atoms with E-state index in [0.717, 1.165) is 29.5 Å². The van der Waals surface area contributed by atoms with E-state index in [0.29, 0.717) is 18.7 Å². The summed E-state index contributed by atoms with van der Waals surface area (Å²) < 4.78 is 53.8. The lowest BCUT2D eigenvalue weighted by Gasteiger charge is -2.28. The third kappa shape index (κ3) is 4.56. The first-order chi connectivity index (χ1) is 13.2. The summed E-state index contributed by atoms with van der Waals surface area (Å²) in [6.07, 6.45) is 2.54. The van der Waals surface area contributed by atoms with E-state index in [-0.39, 0.29) is 17.2 Å². The Kier molecular flexibility index (Phi) is 6.12. The summed E-state index contributed by atoms with van der Waals surface area (Å²) in [5.41, 5.74) is 3.43. The number of anilines is 1. The van der Waals surface area contributed by atoms with Crippen molar-refractivity contribution in [1.29, 1.82) is 0 Å². The second-order valence-electron chi connectivity index (χ2n) is 6.97. The van der Waals surface area contributed by atoms with Gasteiger partial charge in [0.25, 0.3) is 10.0 Å². The Labute approximate surface area is 167 Å². The van der Waals surface area contributed by atoms with Crippen LogP contribution < -0.4 is 4.72 Å². The van der Waals surface area contributed by atoms with Crippen molar-refractivity contribution in [3.63, 3.8) is 0 Å². The molecule has 0 saturated carbocycles. The molecule has 0 atom stereocenters. The first-order valence-corrected chi connectivity index (χ1v) is 12.6. The second kappa shape index (κ2) is 8.23. The highest BCUT2D eigenvalue weighted by atomic mass is 32.2. The topological polar surface area (TPSA) is 83.6 Å². The molecule has 1 N–H and O–H groups in total. The maximum Gasteiger partial charge on any atom is 0.261 e. The Morgan fingerprint density at radius 2 is 1.68 bits per heavy atom. The van der Waals surface area contributed by atoms with Gasteiger partial charge in [-0.05, 0) is 60.7 Å². The van der Waals surface area contributed by atoms with Gasteiger partial charge in [0.1, 0.15) is 0 Å². The molecule has 8 heteroatoms. The average molecular weight is 423 g/mol. The molecule has 1 aliphatic heterocycles. The van der Waals surface area contributed by atoms with E-state index in [4.69, 9.17) is 0 Å². The predicted octanol–water partition coefficient (Wildman–Crippen LogP) is 3.15. The monoisotopic (exact) mass is 422 g/mol. The van der Waals surface area contributed by atoms with Crippen LogP contribution in [0.1, 0.15) is 37.0 Å². The normalized spacial score (nSPS) is 15.2. The number of rotatable bonds is 7. The standard InChI is InChI=1S/C20H26N2O4S2/c1-3-5-16-6-10-20(11-7-16)28(25,26)21-19-9-8-17-12-13-22(15-18(17)14-19)27(23,24)4-2/h6-11,14,21H,3-5,12-13,15H2,1-2H3. The molecule has 0 bridgehead atoms. The molecule has 152 valence electrons. The third-order valence-corrected chi connectivity index (χ3v) is 8.19. The summed E-state index contributed by atoms with van der Waals surface area (Å²) in [6.45, 7) is 4.43. The number of hydrogen-bond acceptors (Lipinski definition) is 4. The Balaban J connectivity index is 1.81. The summed E-state index contributed by atoms with van der Waals surface area (Å²) in [7, 11) is -6.97. The fourth-order valence-corrected chi connectivity index (χ4v) is 5.47. The smallest absolute Gasteiger partial charge is 0.261 e. The van der Waals surface area contributed by atoms with Crippen molar-refractivity contribution in [3.05, 3.63) is 59.2 Å². The van der Waals surface area contributed by atoms with E-state index in [1.807, 2.05) is 18.2 Å². The molecular weight excluding hydrogens is 396 g/mol. The number of nitrogens with zero attached hydrogens (tertiary/aromatic N) is 1. The molecule has 6 nitrogen and oxygen atoms in total. The van der Waals surface area contributed by atoms with E-state index in [1.165, 1.54) is 4.31 Å². The molecule has 2 aromatic rings. The van der Waals surface area contributed by atoms with Crippen molar-refractivity contribution in [3.8, 4) is 0 Å². The quantitative estimate of drug-likeness (QED) is 0.743. The van der Waals surface area contributed by atoms with Gasteiger partial charge < -0.3 is 0 Å². The van der Waals surface area contributed by atoms with Gasteiger partial charge in [-0.25, -0.2) is 16.8 Å². The van der Waals surface area contributed by atoms with Gasteiger partial charge in [0.05, 0.1) is 10.6 Å². The van der Waals surface area contributed by atoms with Crippen LogP contribution in [-0.4, -0.2) is 33.4 Å². The number of benzene rings is 2. The van der Waals surface area contributed by atoms with Crippen molar-refractivity contribution < 1.29 is 16.8 Å². The molecule has 3 rings (SSSR count). The molecule has 0 aromatic heterocycles. The van der Waals surface area contributed by atoms with Gasteiger partial charge >= 0.3 is 0 Å². The molecule has 0 saturated heterocycles. The molecule has 1 heterocycles. The van der Waals surface area contributed by atoms with Crippen LogP contribution in [0.2, 0.25) is 0 Å². The number of fused-ring (bicyclic) bond motifs is 1. The Morgan fingerprint density at radius 3 is 2.32 bits per heavy atom. The molecule has 0 radical (unpaired) electrons. The minimum atomic E-state index is -3.70. The molecule has 0 spiro atoms. The van der Waals surface area contributed by atoms with Gasteiger partial charge in [-0.15, -0.1) is 0 Å². The minimum absolute atomic E-state index is 0.0582. The van der Waals surface area contributed by atoms with E-state index < -0.39 is 20.0 Å². The van der Waals surface area contributed by atoms with Crippen LogP contribution in [0.3, 0.4) is 0 Å². The first-order valence-electron chi connectivity index (χ1n) is 9.46. The highest BCUT2D eigenvalue weighted by molar-refractivity contribution is 7.92. The highest BCUT2D eigenvalue weighted by Gasteiger charge is 2.25. The van der Waals surface area contributed by atoms with Gasteiger partial charge in [-0.2, -0.15) is 4.31 Å². The SMILES string of the molecule is CCCc1ccc(S(=O)(=O)Nc2ccc3c(c2)CN(S(=O)(=O)CC)CC3)cc1. The van der Waals surface area contributed by atoms with E-state index in [2.05, 4.69) is 11.6 Å². The van der Waals surface area contributed by atoms with E-state index >= 15 is 0 Å². The fourth-order valence-electron chi connectivity index (χ4n) is 3.35. The predicted molar refractivity (Wildman–Crippen MR) is 111 cm³/mol. The summed E-state index contributed by atoms with van der Waals surface area (Å²) >= 11 is 0. The lowest BCUT2D eigenvalue weighted by molar-refractivity contribution is 0.392. The molecule has 28 heavy (non-hydrogen) atoms. The van der Waals surface area contributed by atoms with Gasteiger partial charge in [-0.1, -0.05) is 31.5 Å². The number of hydrogen-bond donors (Lipinski definition) is 1. The molecular formula is C20H26N2O4S2. The molecule has 0 fully saturated rings. The van der Waals surface area contributed by atoms with Gasteiger partial charge in [-0.3, -0.25) is 4.72 Å². The second-order valence-corrected chi connectivity index (χ2v) is 10.9. The zero-order valence-electron chi connectivity index (χ0n) is 16.2. The number of sulfonamides is 2. The van der Waals surface area contributed by atoms with Crippen LogP contribution in [0.15, 0.2) is 47.4 Å². The third-order valence-electron chi connectivity index (χ3n) is 4.97. The molecule has 1 aliphatic rings. The van der Waals surface area contributed by atoms with Crippen LogP contribution in [0, 0.1) is 0 Å². The van der Waals surface area contributed by atoms with Crippen LogP contribution in [0.25, 0.3) is 0 Å². The Hall–Kier alpha value is -1.90. The fraction of sp³-hybridized carbons (Fsp3) is 0.400. The van der Waals surface area contributed by atoms with Crippen molar-refractivity contribution in [2.45, 2.75) is 44.6 Å². The molecule has 0 unspecified atom stereocenters. The van der Waals surface area contributed by atoms with Gasteiger partial charge in [0.2, 0.25) is 10.0 Å². The summed E-state index contributed by atoms with van der Waals surface area (Å²) in [4.78, 5) is 0.209. The summed E-state index contributed by atoms with van der Waals surface area (Å²) in [5.74, 6) is 0.0582. The zero-order chi connectivity index (χ0) is 20.4. The first kappa shape index (κ1) is 20.8. The largest absolute Gasteiger partial charge is 0.280 e. The zero-order valence-corrected chi connectivity index (χ0v) is 17.8. The molecule has 0 amide bonds. The molecule has 0 aliphatic carbocycles. The number of aryl methyl sites for hydroxylation is 1. The maximum absolute atomic E-state index is 12.7.